The van der Waals surface area contributed by atoms with E-state index in [-0.39, 0.29) is 5.78 Å². The molecule has 0 unspecified atom stereocenters. The molecule has 0 aromatic heterocycles. The number of carbonyl (C=O) groups is 1. The monoisotopic (exact) mass is 225 g/mol. The third-order valence-corrected chi connectivity index (χ3v) is 2.61. The van der Waals surface area contributed by atoms with E-state index in [4.69, 9.17) is 17.3 Å². The molecule has 1 rings (SSSR count). The van der Waals surface area contributed by atoms with Gasteiger partial charge >= 0.3 is 0 Å². The number of hydrogen-bond acceptors (Lipinski definition) is 2. The molecule has 0 amide bonds. The number of nitrogens with two attached hydrogens (primary N) is 1. The molecule has 0 fully saturated rings. The van der Waals surface area contributed by atoms with E-state index in [1.165, 1.54) is 0 Å². The molecule has 15 heavy (non-hydrogen) atoms. The van der Waals surface area contributed by atoms with Crippen LogP contribution in [0, 0.1) is 6.92 Å². The van der Waals surface area contributed by atoms with Crippen LogP contribution in [0.1, 0.15) is 24.0 Å². The van der Waals surface area contributed by atoms with Crippen LogP contribution in [0.2, 0.25) is 5.02 Å². The first-order valence-corrected chi connectivity index (χ1v) is 5.48. The highest BCUT2D eigenvalue weighted by Crippen LogP contribution is 2.18. The first-order valence-electron chi connectivity index (χ1n) is 5.10. The molecule has 0 atom stereocenters. The predicted molar refractivity (Wildman–Crippen MR) is 63.2 cm³/mol. The highest BCUT2D eigenvalue weighted by atomic mass is 35.5. The van der Waals surface area contributed by atoms with Crippen molar-refractivity contribution in [1.29, 1.82) is 0 Å². The van der Waals surface area contributed by atoms with E-state index in [2.05, 4.69) is 0 Å². The van der Waals surface area contributed by atoms with Crippen LogP contribution < -0.4 is 5.73 Å². The Balaban J connectivity index is 2.60. The quantitative estimate of drug-likeness (QED) is 0.837. The highest BCUT2D eigenvalue weighted by Gasteiger charge is 2.06. The first-order chi connectivity index (χ1) is 7.13. The molecule has 2 nitrogen and oxygen atoms in total. The fourth-order valence-corrected chi connectivity index (χ4v) is 1.70. The Bertz CT molecular complexity index is 349. The third-order valence-electron chi connectivity index (χ3n) is 2.26. The lowest BCUT2D eigenvalue weighted by Gasteiger charge is -2.04. The van der Waals surface area contributed by atoms with E-state index in [1.807, 2.05) is 25.1 Å². The molecule has 1 aromatic carbocycles. The largest absolute Gasteiger partial charge is 0.330 e. The van der Waals surface area contributed by atoms with E-state index >= 15 is 0 Å². The van der Waals surface area contributed by atoms with Crippen molar-refractivity contribution in [1.82, 2.24) is 0 Å². The summed E-state index contributed by atoms with van der Waals surface area (Å²) in [5, 5.41) is 0.677. The van der Waals surface area contributed by atoms with Crippen molar-refractivity contribution >= 4 is 17.4 Å². The summed E-state index contributed by atoms with van der Waals surface area (Å²) in [4.78, 5) is 11.5. The molecule has 3 heteroatoms. The van der Waals surface area contributed by atoms with Crippen LogP contribution in [0.4, 0.5) is 0 Å². The smallest absolute Gasteiger partial charge is 0.137 e. The van der Waals surface area contributed by atoms with Crippen LogP contribution >= 0.6 is 11.6 Å². The van der Waals surface area contributed by atoms with Gasteiger partial charge in [-0.05, 0) is 37.1 Å². The van der Waals surface area contributed by atoms with Gasteiger partial charge in [-0.3, -0.25) is 4.79 Å². The molecule has 0 aliphatic carbocycles. The van der Waals surface area contributed by atoms with E-state index in [1.54, 1.807) is 0 Å². The minimum absolute atomic E-state index is 0.200. The molecule has 0 heterocycles. The van der Waals surface area contributed by atoms with Gasteiger partial charge in [0.2, 0.25) is 0 Å². The maximum Gasteiger partial charge on any atom is 0.137 e. The number of Topliss-reactive ketones (excluding diaryl/α,β-unsaturated/α-hetero) is 1. The predicted octanol–water partition coefficient (Wildman–Crippen LogP) is 2.50. The molecule has 0 aliphatic rings. The Labute approximate surface area is 95.4 Å². The van der Waals surface area contributed by atoms with Crippen molar-refractivity contribution in [2.45, 2.75) is 26.2 Å². The molecule has 0 saturated carbocycles. The molecular formula is C12H16ClNO. The zero-order valence-corrected chi connectivity index (χ0v) is 9.68. The normalized spacial score (nSPS) is 10.3. The van der Waals surface area contributed by atoms with Gasteiger partial charge in [0.05, 0.1) is 0 Å². The summed E-state index contributed by atoms with van der Waals surface area (Å²) in [6, 6.07) is 5.77. The van der Waals surface area contributed by atoms with Crippen LogP contribution in [0.25, 0.3) is 0 Å². The van der Waals surface area contributed by atoms with Gasteiger partial charge in [-0.25, -0.2) is 0 Å². The minimum Gasteiger partial charge on any atom is -0.330 e. The summed E-state index contributed by atoms with van der Waals surface area (Å²) in [7, 11) is 0. The summed E-state index contributed by atoms with van der Waals surface area (Å²) < 4.78 is 0. The first kappa shape index (κ1) is 12.2. The number of hydrogen-bond donors (Lipinski definition) is 1. The Morgan fingerprint density at radius 2 is 2.20 bits per heavy atom. The van der Waals surface area contributed by atoms with Crippen molar-refractivity contribution in [2.75, 3.05) is 6.54 Å². The van der Waals surface area contributed by atoms with Crippen LogP contribution in [0.3, 0.4) is 0 Å². The Hall–Kier alpha value is -0.860. The molecule has 0 saturated heterocycles. The maximum absolute atomic E-state index is 11.5. The van der Waals surface area contributed by atoms with Crippen LogP contribution in [0.5, 0.6) is 0 Å². The van der Waals surface area contributed by atoms with Crippen molar-refractivity contribution in [3.63, 3.8) is 0 Å². The minimum atomic E-state index is 0.200. The molecular weight excluding hydrogens is 210 g/mol. The number of carbonyl (C=O) groups excluding carboxylic acids is 1. The number of halogens is 1. The van der Waals surface area contributed by atoms with Gasteiger partial charge in [-0.2, -0.15) is 0 Å². The van der Waals surface area contributed by atoms with Crippen LogP contribution in [-0.2, 0) is 11.2 Å². The van der Waals surface area contributed by atoms with Crippen LogP contribution in [0.15, 0.2) is 18.2 Å². The lowest BCUT2D eigenvalue weighted by Crippen LogP contribution is -2.07. The Morgan fingerprint density at radius 3 is 2.80 bits per heavy atom. The van der Waals surface area contributed by atoms with Crippen molar-refractivity contribution in [2.24, 2.45) is 5.73 Å². The van der Waals surface area contributed by atoms with Gasteiger partial charge in [0.1, 0.15) is 5.78 Å². The molecule has 2 N–H and O–H groups in total. The van der Waals surface area contributed by atoms with E-state index < -0.39 is 0 Å². The second kappa shape index (κ2) is 5.89. The lowest BCUT2D eigenvalue weighted by atomic mass is 10.0. The average Bonchev–Trinajstić information content (AvgIpc) is 2.19. The molecule has 1 aromatic rings. The van der Waals surface area contributed by atoms with Gasteiger partial charge in [0.15, 0.2) is 0 Å². The average molecular weight is 226 g/mol. The van der Waals surface area contributed by atoms with Gasteiger partial charge in [0, 0.05) is 17.9 Å². The topological polar surface area (TPSA) is 43.1 Å². The number of aryl methyl sites for hydroxylation is 1. The molecule has 0 spiro atoms. The third kappa shape index (κ3) is 4.02. The molecule has 0 radical (unpaired) electrons. The van der Waals surface area contributed by atoms with Crippen LogP contribution in [-0.4, -0.2) is 12.3 Å². The van der Waals surface area contributed by atoms with Gasteiger partial charge in [-0.1, -0.05) is 23.7 Å². The standard InChI is InChI=1S/C12H16ClNO/c1-9-4-5-10(12(13)7-9)8-11(15)3-2-6-14/h4-5,7H,2-3,6,8,14H2,1H3. The lowest BCUT2D eigenvalue weighted by molar-refractivity contribution is -0.118. The number of rotatable bonds is 5. The molecule has 0 bridgehead atoms. The highest BCUT2D eigenvalue weighted by molar-refractivity contribution is 6.31. The van der Waals surface area contributed by atoms with E-state index in [0.29, 0.717) is 24.4 Å². The van der Waals surface area contributed by atoms with Gasteiger partial charge in [0.25, 0.3) is 0 Å². The van der Waals surface area contributed by atoms with Crippen molar-refractivity contribution in [3.05, 3.63) is 34.3 Å². The Morgan fingerprint density at radius 1 is 1.47 bits per heavy atom. The second-order valence-corrected chi connectivity index (χ2v) is 4.11. The van der Waals surface area contributed by atoms with E-state index in [0.717, 1.165) is 17.5 Å². The second-order valence-electron chi connectivity index (χ2n) is 3.70. The fourth-order valence-electron chi connectivity index (χ4n) is 1.40. The zero-order valence-electron chi connectivity index (χ0n) is 8.92. The fraction of sp³-hybridized carbons (Fsp3) is 0.417. The summed E-state index contributed by atoms with van der Waals surface area (Å²) >= 11 is 6.03. The summed E-state index contributed by atoms with van der Waals surface area (Å²) in [6.07, 6.45) is 1.71. The zero-order chi connectivity index (χ0) is 11.3. The summed E-state index contributed by atoms with van der Waals surface area (Å²) in [5.41, 5.74) is 7.36. The maximum atomic E-state index is 11.5. The number of benzene rings is 1. The molecule has 0 aliphatic heterocycles. The number of ketones is 1. The molecule has 82 valence electrons. The van der Waals surface area contributed by atoms with Gasteiger partial charge < -0.3 is 5.73 Å². The van der Waals surface area contributed by atoms with Crippen molar-refractivity contribution < 1.29 is 4.79 Å². The summed E-state index contributed by atoms with van der Waals surface area (Å²) in [6.45, 7) is 2.54. The Kier molecular flexibility index (Phi) is 4.79. The van der Waals surface area contributed by atoms with Crippen molar-refractivity contribution in [3.8, 4) is 0 Å². The van der Waals surface area contributed by atoms with E-state index in [9.17, 15) is 4.79 Å². The SMILES string of the molecule is Cc1ccc(CC(=O)CCCN)c(Cl)c1. The summed E-state index contributed by atoms with van der Waals surface area (Å²) in [5.74, 6) is 0.200. The van der Waals surface area contributed by atoms with Gasteiger partial charge in [-0.15, -0.1) is 0 Å².